The van der Waals surface area contributed by atoms with Crippen LogP contribution in [0.15, 0.2) is 59.5 Å². The summed E-state index contributed by atoms with van der Waals surface area (Å²) in [4.78, 5) is 16.9. The van der Waals surface area contributed by atoms with Crippen molar-refractivity contribution in [3.05, 3.63) is 71.9 Å². The Morgan fingerprint density at radius 3 is 2.88 bits per heavy atom. The largest absolute Gasteiger partial charge is 0.361 e. The Hall–Kier alpha value is -3.41. The maximum Gasteiger partial charge on any atom is 0.260 e. The fourth-order valence-electron chi connectivity index (χ4n) is 2.69. The van der Waals surface area contributed by atoms with Gasteiger partial charge in [0.05, 0.1) is 11.9 Å². The fourth-order valence-corrected chi connectivity index (χ4v) is 2.69. The van der Waals surface area contributed by atoms with Gasteiger partial charge in [-0.3, -0.25) is 4.79 Å². The Bertz CT molecular complexity index is 1080. The van der Waals surface area contributed by atoms with Crippen LogP contribution in [-0.4, -0.2) is 20.4 Å². The highest BCUT2D eigenvalue weighted by molar-refractivity contribution is 6.04. The number of rotatable bonds is 3. The molecule has 124 valence electrons. The molecule has 0 saturated carbocycles. The van der Waals surface area contributed by atoms with Crippen molar-refractivity contribution in [3.8, 4) is 11.3 Å². The van der Waals surface area contributed by atoms with Crippen LogP contribution in [0, 0.1) is 13.8 Å². The summed E-state index contributed by atoms with van der Waals surface area (Å²) in [6, 6.07) is 11.7. The molecule has 0 aliphatic carbocycles. The summed E-state index contributed by atoms with van der Waals surface area (Å²) in [6.07, 6.45) is 5.38. The Morgan fingerprint density at radius 2 is 2.08 bits per heavy atom. The monoisotopic (exact) mass is 332 g/mol. The first kappa shape index (κ1) is 15.1. The van der Waals surface area contributed by atoms with E-state index in [1.807, 2.05) is 60.1 Å². The number of benzene rings is 1. The van der Waals surface area contributed by atoms with Crippen LogP contribution in [-0.2, 0) is 0 Å². The zero-order chi connectivity index (χ0) is 17.4. The van der Waals surface area contributed by atoms with Crippen LogP contribution < -0.4 is 5.32 Å². The van der Waals surface area contributed by atoms with Gasteiger partial charge in [0.1, 0.15) is 17.0 Å². The van der Waals surface area contributed by atoms with Gasteiger partial charge in [-0.1, -0.05) is 17.3 Å². The Balaban J connectivity index is 1.64. The number of imidazole rings is 1. The lowest BCUT2D eigenvalue weighted by atomic mass is 10.1. The van der Waals surface area contributed by atoms with Crippen molar-refractivity contribution in [3.63, 3.8) is 0 Å². The van der Waals surface area contributed by atoms with Crippen LogP contribution in [0.2, 0.25) is 0 Å². The van der Waals surface area contributed by atoms with Crippen molar-refractivity contribution in [1.29, 1.82) is 0 Å². The molecular formula is C19H16N4O2. The van der Waals surface area contributed by atoms with Gasteiger partial charge in [-0.25, -0.2) is 4.98 Å². The number of anilines is 1. The molecule has 0 unspecified atom stereocenters. The van der Waals surface area contributed by atoms with Crippen LogP contribution in [0.25, 0.3) is 16.9 Å². The average Bonchev–Trinajstić information content (AvgIpc) is 3.20. The smallest absolute Gasteiger partial charge is 0.260 e. The number of pyridine rings is 1. The van der Waals surface area contributed by atoms with Crippen LogP contribution in [0.3, 0.4) is 0 Å². The lowest BCUT2D eigenvalue weighted by molar-refractivity contribution is 0.102. The number of hydrogen-bond acceptors (Lipinski definition) is 4. The summed E-state index contributed by atoms with van der Waals surface area (Å²) >= 11 is 0. The predicted octanol–water partition coefficient (Wildman–Crippen LogP) is 3.86. The maximum atomic E-state index is 12.3. The molecule has 25 heavy (non-hydrogen) atoms. The molecule has 0 spiro atoms. The van der Waals surface area contributed by atoms with Gasteiger partial charge in [-0.15, -0.1) is 0 Å². The van der Waals surface area contributed by atoms with E-state index in [4.69, 9.17) is 4.52 Å². The number of carbonyl (C=O) groups is 1. The predicted molar refractivity (Wildman–Crippen MR) is 94.6 cm³/mol. The summed E-state index contributed by atoms with van der Waals surface area (Å²) in [5.74, 6) is 0.242. The molecule has 1 aromatic carbocycles. The minimum absolute atomic E-state index is 0.249. The molecule has 3 aromatic heterocycles. The van der Waals surface area contributed by atoms with Gasteiger partial charge >= 0.3 is 0 Å². The van der Waals surface area contributed by atoms with Crippen LogP contribution in [0.1, 0.15) is 21.7 Å². The molecule has 6 nitrogen and oxygen atoms in total. The van der Waals surface area contributed by atoms with Crippen molar-refractivity contribution < 1.29 is 9.32 Å². The van der Waals surface area contributed by atoms with Gasteiger partial charge in [0.2, 0.25) is 0 Å². The minimum Gasteiger partial charge on any atom is -0.361 e. The molecule has 0 radical (unpaired) electrons. The molecule has 4 aromatic rings. The molecule has 0 aliphatic rings. The first-order chi connectivity index (χ1) is 12.1. The molecule has 6 heteroatoms. The molecule has 1 N–H and O–H groups in total. The van der Waals surface area contributed by atoms with E-state index in [0.717, 1.165) is 22.5 Å². The molecule has 0 aliphatic heterocycles. The Labute approximate surface area is 144 Å². The summed E-state index contributed by atoms with van der Waals surface area (Å²) in [5, 5.41) is 6.50. The highest BCUT2D eigenvalue weighted by atomic mass is 16.5. The average molecular weight is 332 g/mol. The standard InChI is InChI=1S/C19H16N4O2/c1-12-6-7-23-11-17(22-18(23)8-12)14-4-3-5-15(9-14)21-19(24)16-10-20-25-13(16)2/h3-11H,1-2H3,(H,21,24). The van der Waals surface area contributed by atoms with E-state index >= 15 is 0 Å². The number of nitrogens with one attached hydrogen (secondary N) is 1. The first-order valence-electron chi connectivity index (χ1n) is 7.88. The third-order valence-corrected chi connectivity index (χ3v) is 4.03. The van der Waals surface area contributed by atoms with Crippen LogP contribution in [0.4, 0.5) is 5.69 Å². The molecule has 0 fully saturated rings. The Kier molecular flexibility index (Phi) is 3.57. The van der Waals surface area contributed by atoms with E-state index in [1.165, 1.54) is 6.20 Å². The number of aromatic nitrogens is 3. The minimum atomic E-state index is -0.249. The van der Waals surface area contributed by atoms with Gasteiger partial charge in [-0.05, 0) is 43.7 Å². The van der Waals surface area contributed by atoms with E-state index in [9.17, 15) is 4.79 Å². The highest BCUT2D eigenvalue weighted by Crippen LogP contribution is 2.23. The third-order valence-electron chi connectivity index (χ3n) is 4.03. The zero-order valence-electron chi connectivity index (χ0n) is 13.9. The summed E-state index contributed by atoms with van der Waals surface area (Å²) in [6.45, 7) is 3.74. The first-order valence-corrected chi connectivity index (χ1v) is 7.88. The quantitative estimate of drug-likeness (QED) is 0.618. The number of nitrogens with zero attached hydrogens (tertiary/aromatic N) is 3. The highest BCUT2D eigenvalue weighted by Gasteiger charge is 2.13. The number of fused-ring (bicyclic) bond motifs is 1. The fraction of sp³-hybridized carbons (Fsp3) is 0.105. The van der Waals surface area contributed by atoms with Crippen molar-refractivity contribution >= 4 is 17.2 Å². The molecule has 1 amide bonds. The van der Waals surface area contributed by atoms with E-state index in [2.05, 4.69) is 15.5 Å². The van der Waals surface area contributed by atoms with Gasteiger partial charge in [0, 0.05) is 23.6 Å². The number of aryl methyl sites for hydroxylation is 2. The van der Waals surface area contributed by atoms with Crippen LogP contribution in [0.5, 0.6) is 0 Å². The lowest BCUT2D eigenvalue weighted by Gasteiger charge is -2.05. The number of hydrogen-bond donors (Lipinski definition) is 1. The van der Waals surface area contributed by atoms with Crippen LogP contribution >= 0.6 is 0 Å². The van der Waals surface area contributed by atoms with E-state index in [1.54, 1.807) is 6.92 Å². The second-order valence-electron chi connectivity index (χ2n) is 5.93. The molecule has 0 bridgehead atoms. The topological polar surface area (TPSA) is 72.4 Å². The van der Waals surface area contributed by atoms with Crippen molar-refractivity contribution in [1.82, 2.24) is 14.5 Å². The van der Waals surface area contributed by atoms with E-state index in [-0.39, 0.29) is 5.91 Å². The van der Waals surface area contributed by atoms with Crippen molar-refractivity contribution in [2.45, 2.75) is 13.8 Å². The van der Waals surface area contributed by atoms with E-state index < -0.39 is 0 Å². The van der Waals surface area contributed by atoms with Gasteiger partial charge < -0.3 is 14.2 Å². The van der Waals surface area contributed by atoms with Gasteiger partial charge in [0.15, 0.2) is 0 Å². The molecule has 3 heterocycles. The SMILES string of the molecule is Cc1ccn2cc(-c3cccc(NC(=O)c4cnoc4C)c3)nc2c1. The molecule has 0 atom stereocenters. The van der Waals surface area contributed by atoms with Gasteiger partial charge in [0.25, 0.3) is 5.91 Å². The van der Waals surface area contributed by atoms with Crippen molar-refractivity contribution in [2.75, 3.05) is 5.32 Å². The van der Waals surface area contributed by atoms with E-state index in [0.29, 0.717) is 17.0 Å². The number of carbonyl (C=O) groups excluding carboxylic acids is 1. The summed E-state index contributed by atoms with van der Waals surface area (Å²) < 4.78 is 6.92. The van der Waals surface area contributed by atoms with Crippen molar-refractivity contribution in [2.24, 2.45) is 0 Å². The Morgan fingerprint density at radius 1 is 1.20 bits per heavy atom. The second kappa shape index (κ2) is 5.90. The maximum absolute atomic E-state index is 12.3. The second-order valence-corrected chi connectivity index (χ2v) is 5.93. The van der Waals surface area contributed by atoms with Gasteiger partial charge in [-0.2, -0.15) is 0 Å². The summed E-state index contributed by atoms with van der Waals surface area (Å²) in [7, 11) is 0. The lowest BCUT2D eigenvalue weighted by Crippen LogP contribution is -2.12. The normalized spacial score (nSPS) is 11.0. The molecule has 4 rings (SSSR count). The zero-order valence-corrected chi connectivity index (χ0v) is 13.9. The third kappa shape index (κ3) is 2.89. The number of amides is 1. The molecule has 0 saturated heterocycles. The summed E-state index contributed by atoms with van der Waals surface area (Å²) in [5.41, 5.74) is 4.95. The molecular weight excluding hydrogens is 316 g/mol.